The van der Waals surface area contributed by atoms with Crippen molar-refractivity contribution in [2.75, 3.05) is 6.61 Å². The molecule has 94 valence electrons. The van der Waals surface area contributed by atoms with Gasteiger partial charge in [-0.2, -0.15) is 0 Å². The third-order valence-electron chi connectivity index (χ3n) is 1.99. The number of halogens is 3. The molecular weight excluding hydrogens is 256 g/mol. The molecule has 1 heterocycles. The zero-order valence-electron chi connectivity index (χ0n) is 8.91. The molecule has 17 heavy (non-hydrogen) atoms. The standard InChI is InChI=1S/C10H10ClF2NO3/c1-2-17-6(15)3-5-4-14-9(11)8(16)7(5)10(12)13/h4,10,16H,2-3H2,1H3. The molecule has 0 atom stereocenters. The zero-order valence-corrected chi connectivity index (χ0v) is 9.67. The highest BCUT2D eigenvalue weighted by atomic mass is 35.5. The molecule has 0 aliphatic heterocycles. The first kappa shape index (κ1) is 13.6. The van der Waals surface area contributed by atoms with Crippen LogP contribution in [0.3, 0.4) is 0 Å². The van der Waals surface area contributed by atoms with Crippen LogP contribution in [0, 0.1) is 0 Å². The van der Waals surface area contributed by atoms with Crippen molar-refractivity contribution in [2.45, 2.75) is 19.8 Å². The number of carbonyl (C=O) groups is 1. The van der Waals surface area contributed by atoms with Gasteiger partial charge >= 0.3 is 5.97 Å². The minimum absolute atomic E-state index is 0.0969. The van der Waals surface area contributed by atoms with Crippen molar-refractivity contribution in [3.63, 3.8) is 0 Å². The summed E-state index contributed by atoms with van der Waals surface area (Å²) in [4.78, 5) is 14.7. The Bertz CT molecular complexity index is 426. The third kappa shape index (κ3) is 3.26. The van der Waals surface area contributed by atoms with E-state index in [4.69, 9.17) is 11.6 Å². The van der Waals surface area contributed by atoms with Crippen LogP contribution in [-0.2, 0) is 16.0 Å². The van der Waals surface area contributed by atoms with Crippen molar-refractivity contribution < 1.29 is 23.4 Å². The van der Waals surface area contributed by atoms with Gasteiger partial charge in [-0.05, 0) is 12.5 Å². The number of aromatic nitrogens is 1. The topological polar surface area (TPSA) is 59.4 Å². The summed E-state index contributed by atoms with van der Waals surface area (Å²) in [5, 5.41) is 8.94. The van der Waals surface area contributed by atoms with Gasteiger partial charge in [0.1, 0.15) is 0 Å². The smallest absolute Gasteiger partial charge is 0.310 e. The van der Waals surface area contributed by atoms with Crippen LogP contribution in [0.15, 0.2) is 6.20 Å². The van der Waals surface area contributed by atoms with Crippen molar-refractivity contribution in [2.24, 2.45) is 0 Å². The zero-order chi connectivity index (χ0) is 13.0. The molecule has 1 aromatic rings. The summed E-state index contributed by atoms with van der Waals surface area (Å²) in [6.45, 7) is 1.75. The van der Waals surface area contributed by atoms with Crippen LogP contribution >= 0.6 is 11.6 Å². The highest BCUT2D eigenvalue weighted by Crippen LogP contribution is 2.35. The summed E-state index contributed by atoms with van der Waals surface area (Å²) in [7, 11) is 0. The monoisotopic (exact) mass is 265 g/mol. The quantitative estimate of drug-likeness (QED) is 0.671. The summed E-state index contributed by atoms with van der Waals surface area (Å²) in [5.41, 5.74) is -0.779. The van der Waals surface area contributed by atoms with Gasteiger partial charge in [-0.3, -0.25) is 4.79 Å². The number of pyridine rings is 1. The van der Waals surface area contributed by atoms with Gasteiger partial charge in [0.2, 0.25) is 0 Å². The van der Waals surface area contributed by atoms with Crippen molar-refractivity contribution in [3.05, 3.63) is 22.5 Å². The van der Waals surface area contributed by atoms with Gasteiger partial charge in [0, 0.05) is 6.20 Å². The minimum atomic E-state index is -2.94. The number of hydrogen-bond acceptors (Lipinski definition) is 4. The van der Waals surface area contributed by atoms with E-state index in [1.54, 1.807) is 6.92 Å². The number of esters is 1. The molecule has 0 aliphatic carbocycles. The largest absolute Gasteiger partial charge is 0.504 e. The molecule has 0 unspecified atom stereocenters. The summed E-state index contributed by atoms with van der Waals surface area (Å²) in [6.07, 6.45) is -2.30. The molecular formula is C10H10ClF2NO3. The maximum absolute atomic E-state index is 12.7. The second-order valence-corrected chi connectivity index (χ2v) is 3.48. The van der Waals surface area contributed by atoms with E-state index in [1.165, 1.54) is 0 Å². The number of carbonyl (C=O) groups excluding carboxylic acids is 1. The second-order valence-electron chi connectivity index (χ2n) is 3.12. The number of ether oxygens (including phenoxy) is 1. The molecule has 1 rings (SSSR count). The van der Waals surface area contributed by atoms with Crippen LogP contribution in [0.4, 0.5) is 8.78 Å². The molecule has 1 N–H and O–H groups in total. The Balaban J connectivity index is 3.07. The van der Waals surface area contributed by atoms with Crippen LogP contribution in [-0.4, -0.2) is 22.7 Å². The summed E-state index contributed by atoms with van der Waals surface area (Å²) in [5.74, 6) is -1.47. The maximum Gasteiger partial charge on any atom is 0.310 e. The first-order chi connectivity index (χ1) is 7.97. The average Bonchev–Trinajstić information content (AvgIpc) is 2.23. The van der Waals surface area contributed by atoms with Gasteiger partial charge in [0.15, 0.2) is 10.9 Å². The molecule has 0 bridgehead atoms. The first-order valence-electron chi connectivity index (χ1n) is 4.77. The lowest BCUT2D eigenvalue weighted by molar-refractivity contribution is -0.142. The van der Waals surface area contributed by atoms with E-state index in [0.717, 1.165) is 6.20 Å². The van der Waals surface area contributed by atoms with E-state index >= 15 is 0 Å². The number of aromatic hydroxyl groups is 1. The lowest BCUT2D eigenvalue weighted by atomic mass is 10.1. The minimum Gasteiger partial charge on any atom is -0.504 e. The number of alkyl halides is 2. The van der Waals surface area contributed by atoms with Crippen LogP contribution < -0.4 is 0 Å². The summed E-state index contributed by atoms with van der Waals surface area (Å²) in [6, 6.07) is 0. The fourth-order valence-corrected chi connectivity index (χ4v) is 1.43. The SMILES string of the molecule is CCOC(=O)Cc1cnc(Cl)c(O)c1C(F)F. The Morgan fingerprint density at radius 3 is 2.82 bits per heavy atom. The summed E-state index contributed by atoms with van der Waals surface area (Å²) >= 11 is 5.42. The fourth-order valence-electron chi connectivity index (χ4n) is 1.28. The van der Waals surface area contributed by atoms with Crippen molar-refractivity contribution in [1.29, 1.82) is 0 Å². The molecule has 0 fully saturated rings. The average molecular weight is 266 g/mol. The molecule has 0 aliphatic rings. The Kier molecular flexibility index (Phi) is 4.62. The lowest BCUT2D eigenvalue weighted by Gasteiger charge is -2.10. The van der Waals surface area contributed by atoms with Gasteiger partial charge < -0.3 is 9.84 Å². The normalized spacial score (nSPS) is 10.6. The molecule has 0 saturated carbocycles. The number of hydrogen-bond donors (Lipinski definition) is 1. The Morgan fingerprint density at radius 1 is 1.65 bits per heavy atom. The van der Waals surface area contributed by atoms with Crippen LogP contribution in [0.2, 0.25) is 5.15 Å². The lowest BCUT2D eigenvalue weighted by Crippen LogP contribution is -2.10. The molecule has 0 amide bonds. The Hall–Kier alpha value is -1.43. The predicted molar refractivity (Wildman–Crippen MR) is 56.2 cm³/mol. The highest BCUT2D eigenvalue weighted by molar-refractivity contribution is 6.30. The molecule has 4 nitrogen and oxygen atoms in total. The first-order valence-corrected chi connectivity index (χ1v) is 5.15. The van der Waals surface area contributed by atoms with Gasteiger partial charge in [0.25, 0.3) is 6.43 Å². The van der Waals surface area contributed by atoms with Crippen LogP contribution in [0.25, 0.3) is 0 Å². The van der Waals surface area contributed by atoms with Crippen molar-refractivity contribution >= 4 is 17.6 Å². The number of nitrogens with zero attached hydrogens (tertiary/aromatic N) is 1. The van der Waals surface area contributed by atoms with Gasteiger partial charge in [-0.15, -0.1) is 0 Å². The summed E-state index contributed by atoms with van der Waals surface area (Å²) < 4.78 is 30.0. The molecule has 0 aromatic carbocycles. The van der Waals surface area contributed by atoms with Crippen molar-refractivity contribution in [3.8, 4) is 5.75 Å². The van der Waals surface area contributed by atoms with E-state index < -0.39 is 28.9 Å². The van der Waals surface area contributed by atoms with Gasteiger partial charge in [-0.1, -0.05) is 11.6 Å². The van der Waals surface area contributed by atoms with E-state index in [9.17, 15) is 18.7 Å². The second kappa shape index (κ2) is 5.77. The van der Waals surface area contributed by atoms with E-state index in [2.05, 4.69) is 9.72 Å². The molecule has 1 aromatic heterocycles. The maximum atomic E-state index is 12.7. The predicted octanol–water partition coefficient (Wildman–Crippen LogP) is 2.48. The number of rotatable bonds is 4. The Labute approximate surface area is 101 Å². The Morgan fingerprint density at radius 2 is 2.29 bits per heavy atom. The molecule has 7 heteroatoms. The molecule has 0 saturated heterocycles. The molecule has 0 spiro atoms. The fraction of sp³-hybridized carbons (Fsp3) is 0.400. The van der Waals surface area contributed by atoms with Crippen molar-refractivity contribution in [1.82, 2.24) is 4.98 Å². The van der Waals surface area contributed by atoms with E-state index in [-0.39, 0.29) is 18.6 Å². The van der Waals surface area contributed by atoms with E-state index in [0.29, 0.717) is 0 Å². The molecule has 0 radical (unpaired) electrons. The third-order valence-corrected chi connectivity index (χ3v) is 2.27. The van der Waals surface area contributed by atoms with E-state index in [1.807, 2.05) is 0 Å². The highest BCUT2D eigenvalue weighted by Gasteiger charge is 2.22. The van der Waals surface area contributed by atoms with Gasteiger partial charge in [-0.25, -0.2) is 13.8 Å². The van der Waals surface area contributed by atoms with Gasteiger partial charge in [0.05, 0.1) is 18.6 Å². The van der Waals surface area contributed by atoms with Crippen LogP contribution in [0.1, 0.15) is 24.5 Å². The van der Waals surface area contributed by atoms with Crippen LogP contribution in [0.5, 0.6) is 5.75 Å².